The van der Waals surface area contributed by atoms with Gasteiger partial charge in [0.2, 0.25) is 0 Å². The smallest absolute Gasteiger partial charge is 0.407 e. The molecule has 1 heterocycles. The molecule has 4 rings (SSSR count). The number of benzene rings is 1. The van der Waals surface area contributed by atoms with Gasteiger partial charge in [-0.15, -0.1) is 0 Å². The van der Waals surface area contributed by atoms with Crippen molar-refractivity contribution in [3.8, 4) is 0 Å². The number of hydrogen-bond donors (Lipinski definition) is 1. The minimum absolute atomic E-state index is 0.123. The topological polar surface area (TPSA) is 47.6 Å². The van der Waals surface area contributed by atoms with Crippen LogP contribution in [0.3, 0.4) is 0 Å². The molecule has 2 aliphatic carbocycles. The van der Waals surface area contributed by atoms with Crippen molar-refractivity contribution < 1.29 is 14.3 Å². The van der Waals surface area contributed by atoms with E-state index in [2.05, 4.69) is 42.6 Å². The van der Waals surface area contributed by atoms with E-state index in [0.29, 0.717) is 18.6 Å². The van der Waals surface area contributed by atoms with Gasteiger partial charge in [-0.05, 0) is 67.6 Å². The van der Waals surface area contributed by atoms with E-state index < -0.39 is 0 Å². The summed E-state index contributed by atoms with van der Waals surface area (Å²) in [5.41, 5.74) is 4.23. The van der Waals surface area contributed by atoms with E-state index in [9.17, 15) is 4.79 Å². The summed E-state index contributed by atoms with van der Waals surface area (Å²) in [6, 6.07) is 7.01. The summed E-state index contributed by atoms with van der Waals surface area (Å²) in [6.07, 6.45) is 13.2. The molecule has 1 N–H and O–H groups in total. The van der Waals surface area contributed by atoms with Crippen LogP contribution in [0.2, 0.25) is 0 Å². The van der Waals surface area contributed by atoms with Crippen LogP contribution >= 0.6 is 0 Å². The predicted molar refractivity (Wildman–Crippen MR) is 106 cm³/mol. The molecule has 0 aromatic heterocycles. The molecule has 4 nitrogen and oxygen atoms in total. The molecule has 0 bridgehead atoms. The highest BCUT2D eigenvalue weighted by Crippen LogP contribution is 2.43. The van der Waals surface area contributed by atoms with Gasteiger partial charge < -0.3 is 14.8 Å². The lowest BCUT2D eigenvalue weighted by atomic mass is 9.85. The summed E-state index contributed by atoms with van der Waals surface area (Å²) >= 11 is 0. The van der Waals surface area contributed by atoms with Crippen molar-refractivity contribution in [3.05, 3.63) is 47.0 Å². The largest absolute Gasteiger partial charge is 0.447 e. The van der Waals surface area contributed by atoms with Crippen molar-refractivity contribution in [2.75, 3.05) is 13.2 Å². The number of carbonyl (C=O) groups excluding carboxylic acids is 1. The molecule has 1 spiro atoms. The standard InChI is InChI=1S/C23H31NO3/c1-2-3-4-5-12-26-21-9-8-17-13-18(6-7-19(17)14-21)20-10-11-23(15-20)16-27-22(25)24-23/h4-7,13,20-21H,2-3,8-12,14-16H2,1H3,(H,24,25)/t20-,21-,23+/m0/s1. The summed E-state index contributed by atoms with van der Waals surface area (Å²) in [5.74, 6) is 0.523. The Morgan fingerprint density at radius 2 is 2.22 bits per heavy atom. The van der Waals surface area contributed by atoms with Gasteiger partial charge in [0.1, 0.15) is 6.61 Å². The van der Waals surface area contributed by atoms with Crippen LogP contribution in [0.4, 0.5) is 4.79 Å². The van der Waals surface area contributed by atoms with E-state index in [1.54, 1.807) is 0 Å². The molecule has 27 heavy (non-hydrogen) atoms. The Morgan fingerprint density at radius 1 is 1.30 bits per heavy atom. The summed E-state index contributed by atoms with van der Waals surface area (Å²) in [6.45, 7) is 3.45. The Hall–Kier alpha value is -1.81. The zero-order chi connectivity index (χ0) is 18.7. The molecular formula is C23H31NO3. The van der Waals surface area contributed by atoms with E-state index >= 15 is 0 Å². The molecule has 1 saturated carbocycles. The molecule has 3 aliphatic rings. The van der Waals surface area contributed by atoms with Gasteiger partial charge in [-0.2, -0.15) is 0 Å². The fourth-order valence-electron chi connectivity index (χ4n) is 4.83. The molecular weight excluding hydrogens is 338 g/mol. The van der Waals surface area contributed by atoms with E-state index in [4.69, 9.17) is 9.47 Å². The van der Waals surface area contributed by atoms with Crippen LogP contribution in [0, 0.1) is 0 Å². The SMILES string of the molecule is CCCC=CCO[C@H]1CCc2cc([C@H]3CC[C@]4(COC(=O)N4)C3)ccc2C1. The van der Waals surface area contributed by atoms with Crippen LogP contribution in [0.25, 0.3) is 0 Å². The van der Waals surface area contributed by atoms with Gasteiger partial charge in [-0.25, -0.2) is 4.79 Å². The van der Waals surface area contributed by atoms with E-state index in [1.165, 1.54) is 23.1 Å². The summed E-state index contributed by atoms with van der Waals surface area (Å²) in [7, 11) is 0. The molecule has 1 aromatic rings. The van der Waals surface area contributed by atoms with Crippen LogP contribution in [0.1, 0.15) is 68.1 Å². The van der Waals surface area contributed by atoms with Crippen molar-refractivity contribution in [2.24, 2.45) is 0 Å². The zero-order valence-corrected chi connectivity index (χ0v) is 16.3. The van der Waals surface area contributed by atoms with Gasteiger partial charge in [0.25, 0.3) is 0 Å². The minimum atomic E-state index is -0.253. The van der Waals surface area contributed by atoms with Crippen LogP contribution < -0.4 is 5.32 Å². The molecule has 0 radical (unpaired) electrons. The van der Waals surface area contributed by atoms with Gasteiger partial charge in [0.05, 0.1) is 18.2 Å². The number of cyclic esters (lactones) is 1. The summed E-state index contributed by atoms with van der Waals surface area (Å²) in [4.78, 5) is 11.4. The molecule has 1 aromatic carbocycles. The van der Waals surface area contributed by atoms with E-state index in [-0.39, 0.29) is 11.6 Å². The lowest BCUT2D eigenvalue weighted by molar-refractivity contribution is 0.0641. The Labute approximate surface area is 162 Å². The average molecular weight is 370 g/mol. The van der Waals surface area contributed by atoms with Crippen molar-refractivity contribution >= 4 is 6.09 Å². The number of ether oxygens (including phenoxy) is 2. The van der Waals surface area contributed by atoms with E-state index in [1.807, 2.05) is 0 Å². The third-order valence-electron chi connectivity index (χ3n) is 6.39. The molecule has 0 unspecified atom stereocenters. The molecule has 146 valence electrons. The lowest BCUT2D eigenvalue weighted by Crippen LogP contribution is -2.40. The number of nitrogens with one attached hydrogen (secondary N) is 1. The Morgan fingerprint density at radius 3 is 3.04 bits per heavy atom. The third-order valence-corrected chi connectivity index (χ3v) is 6.39. The monoisotopic (exact) mass is 369 g/mol. The van der Waals surface area contributed by atoms with Crippen molar-refractivity contribution in [3.63, 3.8) is 0 Å². The van der Waals surface area contributed by atoms with Gasteiger partial charge in [0.15, 0.2) is 0 Å². The highest BCUT2D eigenvalue weighted by atomic mass is 16.6. The quantitative estimate of drug-likeness (QED) is 0.742. The van der Waals surface area contributed by atoms with Crippen LogP contribution in [0.15, 0.2) is 30.4 Å². The fourth-order valence-corrected chi connectivity index (χ4v) is 4.83. The number of unbranched alkanes of at least 4 members (excludes halogenated alkanes) is 1. The molecule has 3 atom stereocenters. The number of amides is 1. The predicted octanol–water partition coefficient (Wildman–Crippen LogP) is 4.66. The highest BCUT2D eigenvalue weighted by molar-refractivity contribution is 5.70. The van der Waals surface area contributed by atoms with Crippen molar-refractivity contribution in [2.45, 2.75) is 75.9 Å². The Balaban J connectivity index is 1.34. The lowest BCUT2D eigenvalue weighted by Gasteiger charge is -2.26. The van der Waals surface area contributed by atoms with Crippen LogP contribution in [0.5, 0.6) is 0 Å². The first-order valence-electron chi connectivity index (χ1n) is 10.5. The van der Waals surface area contributed by atoms with Crippen molar-refractivity contribution in [1.82, 2.24) is 5.32 Å². The molecule has 2 fully saturated rings. The van der Waals surface area contributed by atoms with Gasteiger partial charge >= 0.3 is 6.09 Å². The van der Waals surface area contributed by atoms with Crippen molar-refractivity contribution in [1.29, 1.82) is 0 Å². The third kappa shape index (κ3) is 4.21. The number of fused-ring (bicyclic) bond motifs is 1. The van der Waals surface area contributed by atoms with Gasteiger partial charge in [0, 0.05) is 0 Å². The maximum Gasteiger partial charge on any atom is 0.407 e. The second-order valence-corrected chi connectivity index (χ2v) is 8.41. The Kier molecular flexibility index (Phi) is 5.53. The normalized spacial score (nSPS) is 29.9. The Bertz CT molecular complexity index is 714. The average Bonchev–Trinajstić information content (AvgIpc) is 3.27. The van der Waals surface area contributed by atoms with Gasteiger partial charge in [-0.1, -0.05) is 43.7 Å². The maximum absolute atomic E-state index is 11.4. The number of allylic oxidation sites excluding steroid dienone is 1. The number of rotatable bonds is 6. The van der Waals surface area contributed by atoms with Crippen LogP contribution in [-0.4, -0.2) is 30.9 Å². The first-order chi connectivity index (χ1) is 13.2. The first kappa shape index (κ1) is 18.5. The summed E-state index contributed by atoms with van der Waals surface area (Å²) in [5, 5.41) is 3.05. The van der Waals surface area contributed by atoms with Gasteiger partial charge in [-0.3, -0.25) is 0 Å². The highest BCUT2D eigenvalue weighted by Gasteiger charge is 2.46. The second kappa shape index (κ2) is 8.05. The number of alkyl carbamates (subject to hydrolysis) is 1. The zero-order valence-electron chi connectivity index (χ0n) is 16.3. The maximum atomic E-state index is 11.4. The number of aryl methyl sites for hydroxylation is 1. The fraction of sp³-hybridized carbons (Fsp3) is 0.609. The molecule has 1 saturated heterocycles. The number of carbonyl (C=O) groups is 1. The van der Waals surface area contributed by atoms with Crippen LogP contribution in [-0.2, 0) is 22.3 Å². The second-order valence-electron chi connectivity index (χ2n) is 8.41. The number of hydrogen-bond acceptors (Lipinski definition) is 3. The molecule has 1 aliphatic heterocycles. The molecule has 4 heteroatoms. The summed E-state index contributed by atoms with van der Waals surface area (Å²) < 4.78 is 11.2. The first-order valence-corrected chi connectivity index (χ1v) is 10.5. The molecule has 1 amide bonds. The van der Waals surface area contributed by atoms with E-state index in [0.717, 1.165) is 51.6 Å². The minimum Gasteiger partial charge on any atom is -0.447 e.